The van der Waals surface area contributed by atoms with Gasteiger partial charge in [-0.15, -0.1) is 0 Å². The van der Waals surface area contributed by atoms with Gasteiger partial charge < -0.3 is 5.32 Å². The molecule has 4 heteroatoms. The second-order valence-electron chi connectivity index (χ2n) is 6.46. The smallest absolute Gasteiger partial charge is 0.129 e. The highest BCUT2D eigenvalue weighted by molar-refractivity contribution is 7.99. The number of aromatic nitrogens is 2. The SMILES string of the molecule is CCC/C(C)=C/CC/C(C)=C/CSCC(C)Nc1ccnc(C)n1. The van der Waals surface area contributed by atoms with Crippen molar-refractivity contribution in [3.8, 4) is 0 Å². The maximum absolute atomic E-state index is 4.38. The summed E-state index contributed by atoms with van der Waals surface area (Å²) in [5.74, 6) is 3.87. The highest BCUT2D eigenvalue weighted by Gasteiger charge is 2.03. The molecule has 0 bridgehead atoms. The summed E-state index contributed by atoms with van der Waals surface area (Å²) in [6.45, 7) is 10.8. The summed E-state index contributed by atoms with van der Waals surface area (Å²) < 4.78 is 0. The largest absolute Gasteiger partial charge is 0.367 e. The fourth-order valence-corrected chi connectivity index (χ4v) is 3.40. The summed E-state index contributed by atoms with van der Waals surface area (Å²) >= 11 is 1.96. The van der Waals surface area contributed by atoms with Gasteiger partial charge in [0.1, 0.15) is 11.6 Å². The van der Waals surface area contributed by atoms with Gasteiger partial charge in [0.2, 0.25) is 0 Å². The molecule has 0 aliphatic rings. The first-order valence-electron chi connectivity index (χ1n) is 8.96. The fraction of sp³-hybridized carbons (Fsp3) is 0.600. The molecule has 1 aromatic heterocycles. The number of hydrogen-bond acceptors (Lipinski definition) is 4. The average molecular weight is 348 g/mol. The Hall–Kier alpha value is -1.29. The molecule has 24 heavy (non-hydrogen) atoms. The Morgan fingerprint density at radius 3 is 2.71 bits per heavy atom. The molecule has 1 aromatic rings. The van der Waals surface area contributed by atoms with Crippen LogP contribution in [0.25, 0.3) is 0 Å². The van der Waals surface area contributed by atoms with Crippen LogP contribution in [0.3, 0.4) is 0 Å². The van der Waals surface area contributed by atoms with Crippen molar-refractivity contribution in [3.05, 3.63) is 41.4 Å². The molecule has 0 aliphatic heterocycles. The monoisotopic (exact) mass is 347 g/mol. The van der Waals surface area contributed by atoms with Gasteiger partial charge in [0.05, 0.1) is 0 Å². The van der Waals surface area contributed by atoms with Crippen molar-refractivity contribution in [3.63, 3.8) is 0 Å². The zero-order chi connectivity index (χ0) is 17.8. The Balaban J connectivity index is 2.20. The number of anilines is 1. The van der Waals surface area contributed by atoms with Crippen LogP contribution >= 0.6 is 11.8 Å². The number of rotatable bonds is 11. The standard InChI is InChI=1S/C20H33N3S/c1-6-8-16(2)9-7-10-17(3)12-14-24-15-18(4)22-20-11-13-21-19(5)23-20/h9,11-13,18H,6-8,10,14-15H2,1-5H3,(H,21,22,23)/b16-9+,17-12+. The number of aryl methyl sites for hydroxylation is 1. The molecule has 0 amide bonds. The van der Waals surface area contributed by atoms with E-state index >= 15 is 0 Å². The minimum absolute atomic E-state index is 0.401. The second-order valence-corrected chi connectivity index (χ2v) is 7.54. The average Bonchev–Trinajstić information content (AvgIpc) is 2.52. The lowest BCUT2D eigenvalue weighted by Gasteiger charge is -2.13. The lowest BCUT2D eigenvalue weighted by Crippen LogP contribution is -2.19. The minimum Gasteiger partial charge on any atom is -0.367 e. The van der Waals surface area contributed by atoms with Crippen LogP contribution in [-0.4, -0.2) is 27.5 Å². The Morgan fingerprint density at radius 2 is 2.00 bits per heavy atom. The van der Waals surface area contributed by atoms with E-state index in [1.807, 2.05) is 24.8 Å². The number of nitrogens with zero attached hydrogens (tertiary/aromatic N) is 2. The first-order valence-corrected chi connectivity index (χ1v) is 10.1. The number of thioether (sulfide) groups is 1. The van der Waals surface area contributed by atoms with Crippen LogP contribution in [0.5, 0.6) is 0 Å². The fourth-order valence-electron chi connectivity index (χ4n) is 2.42. The first kappa shape index (κ1) is 20.8. The molecule has 0 saturated carbocycles. The summed E-state index contributed by atoms with van der Waals surface area (Å²) in [7, 11) is 0. The molecule has 1 heterocycles. The Labute approximate surface area is 152 Å². The van der Waals surface area contributed by atoms with Crippen molar-refractivity contribution < 1.29 is 0 Å². The van der Waals surface area contributed by atoms with E-state index in [0.29, 0.717) is 6.04 Å². The van der Waals surface area contributed by atoms with Crippen molar-refractivity contribution in [2.75, 3.05) is 16.8 Å². The van der Waals surface area contributed by atoms with Crippen LogP contribution in [0.2, 0.25) is 0 Å². The summed E-state index contributed by atoms with van der Waals surface area (Å²) in [6.07, 6.45) is 11.4. The van der Waals surface area contributed by atoms with E-state index < -0.39 is 0 Å². The molecule has 0 aromatic carbocycles. The van der Waals surface area contributed by atoms with Crippen LogP contribution in [-0.2, 0) is 0 Å². The Morgan fingerprint density at radius 1 is 1.25 bits per heavy atom. The molecule has 0 radical (unpaired) electrons. The summed E-state index contributed by atoms with van der Waals surface area (Å²) in [5.41, 5.74) is 3.02. The lowest BCUT2D eigenvalue weighted by molar-refractivity contribution is 0.880. The van der Waals surface area contributed by atoms with E-state index in [4.69, 9.17) is 0 Å². The molecule has 1 atom stereocenters. The van der Waals surface area contributed by atoms with Crippen molar-refractivity contribution in [1.82, 2.24) is 9.97 Å². The van der Waals surface area contributed by atoms with Crippen LogP contribution in [0, 0.1) is 6.92 Å². The molecule has 1 N–H and O–H groups in total. The van der Waals surface area contributed by atoms with Crippen molar-refractivity contribution in [2.45, 2.75) is 66.3 Å². The third-order valence-electron chi connectivity index (χ3n) is 3.76. The van der Waals surface area contributed by atoms with Gasteiger partial charge >= 0.3 is 0 Å². The molecular weight excluding hydrogens is 314 g/mol. The molecule has 1 rings (SSSR count). The van der Waals surface area contributed by atoms with Gasteiger partial charge in [0, 0.05) is 23.7 Å². The topological polar surface area (TPSA) is 37.8 Å². The third kappa shape index (κ3) is 9.76. The van der Waals surface area contributed by atoms with Crippen molar-refractivity contribution >= 4 is 17.6 Å². The molecule has 0 fully saturated rings. The van der Waals surface area contributed by atoms with E-state index in [1.54, 1.807) is 6.20 Å². The van der Waals surface area contributed by atoms with E-state index in [1.165, 1.54) is 36.8 Å². The molecule has 0 aliphatic carbocycles. The van der Waals surface area contributed by atoms with Crippen LogP contribution < -0.4 is 5.32 Å². The van der Waals surface area contributed by atoms with Gasteiger partial charge in [-0.1, -0.05) is 36.6 Å². The molecule has 0 spiro atoms. The first-order chi connectivity index (χ1) is 11.5. The Bertz CT molecular complexity index is 537. The molecule has 3 nitrogen and oxygen atoms in total. The van der Waals surface area contributed by atoms with E-state index in [9.17, 15) is 0 Å². The molecule has 0 saturated heterocycles. The predicted octanol–water partition coefficient (Wildman–Crippen LogP) is 5.79. The maximum Gasteiger partial charge on any atom is 0.129 e. The summed E-state index contributed by atoms with van der Waals surface area (Å²) in [5, 5.41) is 3.43. The third-order valence-corrected chi connectivity index (χ3v) is 4.90. The van der Waals surface area contributed by atoms with Gasteiger partial charge in [0.15, 0.2) is 0 Å². The Kier molecular flexibility index (Phi) is 10.5. The van der Waals surface area contributed by atoms with Gasteiger partial charge in [-0.25, -0.2) is 9.97 Å². The minimum atomic E-state index is 0.401. The highest BCUT2D eigenvalue weighted by atomic mass is 32.2. The summed E-state index contributed by atoms with van der Waals surface area (Å²) in [6, 6.07) is 2.32. The number of nitrogens with one attached hydrogen (secondary N) is 1. The van der Waals surface area contributed by atoms with Gasteiger partial charge in [-0.05, 0) is 53.0 Å². The predicted molar refractivity (Wildman–Crippen MR) is 109 cm³/mol. The van der Waals surface area contributed by atoms with Gasteiger partial charge in [-0.3, -0.25) is 0 Å². The quantitative estimate of drug-likeness (QED) is 0.406. The van der Waals surface area contributed by atoms with E-state index in [2.05, 4.69) is 55.1 Å². The van der Waals surface area contributed by atoms with Crippen LogP contribution in [0.15, 0.2) is 35.6 Å². The molecule has 134 valence electrons. The molecule has 1 unspecified atom stereocenters. The van der Waals surface area contributed by atoms with E-state index in [-0.39, 0.29) is 0 Å². The summed E-state index contributed by atoms with van der Waals surface area (Å²) in [4.78, 5) is 8.50. The van der Waals surface area contributed by atoms with Crippen LogP contribution in [0.4, 0.5) is 5.82 Å². The number of hydrogen-bond donors (Lipinski definition) is 1. The van der Waals surface area contributed by atoms with Gasteiger partial charge in [0.25, 0.3) is 0 Å². The zero-order valence-electron chi connectivity index (χ0n) is 15.9. The van der Waals surface area contributed by atoms with Crippen molar-refractivity contribution in [1.29, 1.82) is 0 Å². The highest BCUT2D eigenvalue weighted by Crippen LogP contribution is 2.13. The van der Waals surface area contributed by atoms with Gasteiger partial charge in [-0.2, -0.15) is 11.8 Å². The zero-order valence-corrected chi connectivity index (χ0v) is 16.7. The normalized spacial score (nSPS) is 13.9. The number of allylic oxidation sites excluding steroid dienone is 3. The second kappa shape index (κ2) is 12.1. The maximum atomic E-state index is 4.38. The molecular formula is C20H33N3S. The van der Waals surface area contributed by atoms with E-state index in [0.717, 1.165) is 23.1 Å². The van der Waals surface area contributed by atoms with Crippen molar-refractivity contribution in [2.24, 2.45) is 0 Å². The van der Waals surface area contributed by atoms with Crippen LogP contribution in [0.1, 0.15) is 59.2 Å². The lowest BCUT2D eigenvalue weighted by atomic mass is 10.1.